The molecule has 0 unspecified atom stereocenters. The van der Waals surface area contributed by atoms with Gasteiger partial charge in [0.1, 0.15) is 17.2 Å². The van der Waals surface area contributed by atoms with Crippen molar-refractivity contribution in [3.8, 4) is 16.9 Å². The monoisotopic (exact) mass is 445 g/mol. The summed E-state index contributed by atoms with van der Waals surface area (Å²) >= 11 is 0. The zero-order chi connectivity index (χ0) is 22.9. The van der Waals surface area contributed by atoms with Gasteiger partial charge in [-0.2, -0.15) is 0 Å². The van der Waals surface area contributed by atoms with Gasteiger partial charge in [-0.15, -0.1) is 0 Å². The second-order valence-corrected chi connectivity index (χ2v) is 8.78. The molecule has 5 rings (SSSR count). The molecule has 0 spiro atoms. The van der Waals surface area contributed by atoms with Crippen molar-refractivity contribution in [3.05, 3.63) is 77.0 Å². The number of aryl methyl sites for hydroxylation is 1. The van der Waals surface area contributed by atoms with E-state index in [0.717, 1.165) is 53.2 Å². The molecule has 0 bridgehead atoms. The lowest BCUT2D eigenvalue weighted by Crippen LogP contribution is -2.14. The molecule has 1 aliphatic rings. The number of benzene rings is 2. The van der Waals surface area contributed by atoms with E-state index in [0.29, 0.717) is 24.7 Å². The zero-order valence-electron chi connectivity index (χ0n) is 19.2. The first-order chi connectivity index (χ1) is 16.0. The number of nitrogens with one attached hydrogen (secondary N) is 1. The maximum absolute atomic E-state index is 14.5. The lowest BCUT2D eigenvalue weighted by molar-refractivity contribution is 0.356. The van der Waals surface area contributed by atoms with Crippen LogP contribution in [0.15, 0.2) is 48.8 Å². The number of nitrogens with zero attached hydrogens (tertiary/aromatic N) is 4. The predicted molar refractivity (Wildman–Crippen MR) is 128 cm³/mol. The Kier molecular flexibility index (Phi) is 5.72. The average Bonchev–Trinajstić information content (AvgIpc) is 3.43. The number of fused-ring (bicyclic) bond motifs is 2. The van der Waals surface area contributed by atoms with Crippen LogP contribution in [0.3, 0.4) is 0 Å². The average molecular weight is 446 g/mol. The molecule has 2 aromatic carbocycles. The molecule has 0 saturated heterocycles. The molecule has 3 heterocycles. The van der Waals surface area contributed by atoms with E-state index in [-0.39, 0.29) is 5.82 Å². The van der Waals surface area contributed by atoms with Crippen molar-refractivity contribution in [2.75, 3.05) is 32.6 Å². The quantitative estimate of drug-likeness (QED) is 0.454. The summed E-state index contributed by atoms with van der Waals surface area (Å²) in [6, 6.07) is 11.8. The third kappa shape index (κ3) is 4.28. The second-order valence-electron chi connectivity index (χ2n) is 8.78. The number of hydrogen-bond acceptors (Lipinski definition) is 5. The highest BCUT2D eigenvalue weighted by Gasteiger charge is 2.20. The highest BCUT2D eigenvalue weighted by Crippen LogP contribution is 2.31. The number of hydrogen-bond donors (Lipinski definition) is 1. The summed E-state index contributed by atoms with van der Waals surface area (Å²) in [5.41, 5.74) is 6.63. The molecular formula is C26H28FN5O. The van der Waals surface area contributed by atoms with Gasteiger partial charge in [-0.3, -0.25) is 4.40 Å². The van der Waals surface area contributed by atoms with E-state index >= 15 is 0 Å². The summed E-state index contributed by atoms with van der Waals surface area (Å²) in [5, 5.41) is 3.31. The molecule has 1 N–H and O–H groups in total. The SMILES string of the molecule is Cc1cn2c(NCc3c(F)ccc4c3CCO4)ncc(-c3ccc(CCN(C)C)cc3)c2n1. The van der Waals surface area contributed by atoms with E-state index in [1.54, 1.807) is 6.07 Å². The minimum Gasteiger partial charge on any atom is -0.493 e. The summed E-state index contributed by atoms with van der Waals surface area (Å²) in [4.78, 5) is 11.6. The molecule has 33 heavy (non-hydrogen) atoms. The minimum absolute atomic E-state index is 0.226. The summed E-state index contributed by atoms with van der Waals surface area (Å²) in [6.45, 7) is 3.91. The van der Waals surface area contributed by atoms with Crippen LogP contribution in [-0.2, 0) is 19.4 Å². The predicted octanol–water partition coefficient (Wildman–Crippen LogP) is 4.49. The van der Waals surface area contributed by atoms with Gasteiger partial charge in [0.15, 0.2) is 0 Å². The van der Waals surface area contributed by atoms with Crippen molar-refractivity contribution in [2.24, 2.45) is 0 Å². The van der Waals surface area contributed by atoms with Crippen molar-refractivity contribution in [1.82, 2.24) is 19.3 Å². The smallest absolute Gasteiger partial charge is 0.208 e. The van der Waals surface area contributed by atoms with Crippen LogP contribution in [0.25, 0.3) is 16.8 Å². The number of halogens is 1. The minimum atomic E-state index is -0.226. The molecule has 0 atom stereocenters. The van der Waals surface area contributed by atoms with Gasteiger partial charge in [-0.1, -0.05) is 24.3 Å². The maximum atomic E-state index is 14.5. The maximum Gasteiger partial charge on any atom is 0.208 e. The van der Waals surface area contributed by atoms with Gasteiger partial charge < -0.3 is 15.0 Å². The van der Waals surface area contributed by atoms with Crippen molar-refractivity contribution in [1.29, 1.82) is 0 Å². The second kappa shape index (κ2) is 8.83. The molecule has 7 heteroatoms. The molecule has 2 aromatic heterocycles. The number of anilines is 1. The van der Waals surface area contributed by atoms with Crippen molar-refractivity contribution in [2.45, 2.75) is 26.3 Å². The highest BCUT2D eigenvalue weighted by molar-refractivity contribution is 5.78. The van der Waals surface area contributed by atoms with E-state index in [2.05, 4.69) is 53.6 Å². The normalized spacial score (nSPS) is 12.9. The molecule has 0 aliphatic carbocycles. The van der Waals surface area contributed by atoms with E-state index in [9.17, 15) is 4.39 Å². The van der Waals surface area contributed by atoms with Crippen LogP contribution in [0.2, 0.25) is 0 Å². The first kappa shape index (κ1) is 21.4. The summed E-state index contributed by atoms with van der Waals surface area (Å²) in [5.74, 6) is 1.18. The Morgan fingerprint density at radius 2 is 1.97 bits per heavy atom. The number of imidazole rings is 1. The van der Waals surface area contributed by atoms with Crippen LogP contribution < -0.4 is 10.1 Å². The Bertz CT molecular complexity index is 1300. The Balaban J connectivity index is 1.43. The Hall–Kier alpha value is -3.45. The van der Waals surface area contributed by atoms with Crippen LogP contribution in [0.5, 0.6) is 5.75 Å². The lowest BCUT2D eigenvalue weighted by atomic mass is 10.0. The van der Waals surface area contributed by atoms with Crippen LogP contribution in [0, 0.1) is 12.7 Å². The molecule has 0 amide bonds. The van der Waals surface area contributed by atoms with Crippen LogP contribution in [0.4, 0.5) is 10.3 Å². The largest absolute Gasteiger partial charge is 0.493 e. The Morgan fingerprint density at radius 3 is 2.76 bits per heavy atom. The first-order valence-electron chi connectivity index (χ1n) is 11.3. The fourth-order valence-electron chi connectivity index (χ4n) is 4.31. The lowest BCUT2D eigenvalue weighted by Gasteiger charge is -2.13. The first-order valence-corrected chi connectivity index (χ1v) is 11.3. The molecule has 0 radical (unpaired) electrons. The molecule has 4 aromatic rings. The zero-order valence-corrected chi connectivity index (χ0v) is 19.2. The van der Waals surface area contributed by atoms with E-state index in [1.807, 2.05) is 23.7 Å². The molecular weight excluding hydrogens is 417 g/mol. The Labute approximate surface area is 193 Å². The molecule has 1 aliphatic heterocycles. The van der Waals surface area contributed by atoms with E-state index in [1.165, 1.54) is 11.6 Å². The van der Waals surface area contributed by atoms with Crippen molar-refractivity contribution < 1.29 is 9.13 Å². The van der Waals surface area contributed by atoms with Gasteiger partial charge in [0, 0.05) is 48.6 Å². The molecule has 0 saturated carbocycles. The van der Waals surface area contributed by atoms with E-state index < -0.39 is 0 Å². The van der Waals surface area contributed by atoms with E-state index in [4.69, 9.17) is 9.72 Å². The highest BCUT2D eigenvalue weighted by atomic mass is 19.1. The summed E-state index contributed by atoms with van der Waals surface area (Å²) < 4.78 is 22.1. The van der Waals surface area contributed by atoms with Gasteiger partial charge >= 0.3 is 0 Å². The van der Waals surface area contributed by atoms with Crippen molar-refractivity contribution in [3.63, 3.8) is 0 Å². The van der Waals surface area contributed by atoms with Gasteiger partial charge in [-0.05, 0) is 50.7 Å². The molecule has 0 fully saturated rings. The third-order valence-electron chi connectivity index (χ3n) is 6.09. The van der Waals surface area contributed by atoms with Crippen LogP contribution >= 0.6 is 0 Å². The molecule has 6 nitrogen and oxygen atoms in total. The van der Waals surface area contributed by atoms with Crippen LogP contribution in [0.1, 0.15) is 22.4 Å². The summed E-state index contributed by atoms with van der Waals surface area (Å²) in [6.07, 6.45) is 5.53. The summed E-state index contributed by atoms with van der Waals surface area (Å²) in [7, 11) is 4.17. The fraction of sp³-hybridized carbons (Fsp3) is 0.308. The number of likely N-dealkylation sites (N-methyl/N-ethyl adjacent to an activating group) is 1. The topological polar surface area (TPSA) is 54.7 Å². The van der Waals surface area contributed by atoms with Gasteiger partial charge in [0.05, 0.1) is 12.3 Å². The van der Waals surface area contributed by atoms with Crippen molar-refractivity contribution >= 4 is 11.6 Å². The molecule has 170 valence electrons. The van der Waals surface area contributed by atoms with Gasteiger partial charge in [0.25, 0.3) is 0 Å². The number of aromatic nitrogens is 3. The fourth-order valence-corrected chi connectivity index (χ4v) is 4.31. The third-order valence-corrected chi connectivity index (χ3v) is 6.09. The van der Waals surface area contributed by atoms with Gasteiger partial charge in [-0.25, -0.2) is 14.4 Å². The number of rotatable bonds is 7. The standard InChI is InChI=1S/C26H28FN5O/c1-17-16-32-25(30-17)21(19-6-4-18(5-7-19)10-12-31(2)3)14-28-26(32)29-15-22-20-11-13-33-24(20)9-8-23(22)27/h4-9,14,16H,10-13,15H2,1-3H3,(H,28,29). The van der Waals surface area contributed by atoms with Gasteiger partial charge in [0.2, 0.25) is 5.95 Å². The van der Waals surface area contributed by atoms with Crippen LogP contribution in [-0.4, -0.2) is 46.5 Å². The Morgan fingerprint density at radius 1 is 1.15 bits per heavy atom. The number of ether oxygens (including phenoxy) is 1.